The van der Waals surface area contributed by atoms with Gasteiger partial charge >= 0.3 is 6.09 Å². The highest BCUT2D eigenvalue weighted by molar-refractivity contribution is 7.12. The molecule has 0 aliphatic rings. The fourth-order valence-corrected chi connectivity index (χ4v) is 2.40. The van der Waals surface area contributed by atoms with Crippen LogP contribution in [0.4, 0.5) is 4.79 Å². The lowest BCUT2D eigenvalue weighted by Gasteiger charge is -2.07. The van der Waals surface area contributed by atoms with Gasteiger partial charge in [0, 0.05) is 11.4 Å². The number of ether oxygens (including phenoxy) is 1. The Bertz CT molecular complexity index is 616. The number of hydrogen-bond donors (Lipinski definition) is 2. The van der Waals surface area contributed by atoms with Gasteiger partial charge in [-0.3, -0.25) is 10.2 Å². The first-order chi connectivity index (χ1) is 10.1. The van der Waals surface area contributed by atoms with E-state index in [0.29, 0.717) is 16.3 Å². The Labute approximate surface area is 130 Å². The zero-order chi connectivity index (χ0) is 15.1. The molecule has 21 heavy (non-hydrogen) atoms. The minimum Gasteiger partial charge on any atom is -0.448 e. The summed E-state index contributed by atoms with van der Waals surface area (Å²) in [6.07, 6.45) is -0.158. The first-order valence-corrected chi connectivity index (χ1v) is 7.42. The van der Waals surface area contributed by atoms with Gasteiger partial charge in [-0.25, -0.2) is 10.2 Å². The average Bonchev–Trinajstić information content (AvgIpc) is 2.99. The van der Waals surface area contributed by atoms with Crippen molar-refractivity contribution in [2.24, 2.45) is 0 Å². The number of hydrazine groups is 1. The molecule has 5 nitrogen and oxygen atoms in total. The monoisotopic (exact) mass is 324 g/mol. The van der Waals surface area contributed by atoms with E-state index in [1.54, 1.807) is 29.6 Å². The van der Waals surface area contributed by atoms with Gasteiger partial charge in [-0.05, 0) is 29.1 Å². The second-order valence-corrected chi connectivity index (χ2v) is 5.46. The van der Waals surface area contributed by atoms with Crippen LogP contribution < -0.4 is 10.9 Å². The van der Waals surface area contributed by atoms with Gasteiger partial charge in [-0.2, -0.15) is 0 Å². The fourth-order valence-electron chi connectivity index (χ4n) is 1.57. The molecule has 0 bridgehead atoms. The molecule has 1 aromatic carbocycles. The van der Waals surface area contributed by atoms with Crippen molar-refractivity contribution < 1.29 is 14.3 Å². The second-order valence-electron chi connectivity index (χ2n) is 4.07. The maximum Gasteiger partial charge on any atom is 0.426 e. The van der Waals surface area contributed by atoms with Crippen molar-refractivity contribution in [3.05, 3.63) is 57.2 Å². The maximum atomic E-state index is 11.6. The van der Waals surface area contributed by atoms with Gasteiger partial charge in [-0.1, -0.05) is 29.8 Å². The SMILES string of the molecule is O=C(NNC(=O)c1cccs1)OCCc1cccc(Cl)c1. The number of carbonyl (C=O) groups is 2. The Morgan fingerprint density at radius 1 is 1.19 bits per heavy atom. The van der Waals surface area contributed by atoms with Crippen LogP contribution >= 0.6 is 22.9 Å². The predicted octanol–water partition coefficient (Wildman–Crippen LogP) is 3.02. The van der Waals surface area contributed by atoms with Crippen LogP contribution in [-0.2, 0) is 11.2 Å². The van der Waals surface area contributed by atoms with E-state index in [-0.39, 0.29) is 12.5 Å². The summed E-state index contributed by atoms with van der Waals surface area (Å²) in [7, 11) is 0. The van der Waals surface area contributed by atoms with Crippen LogP contribution in [-0.4, -0.2) is 18.6 Å². The van der Waals surface area contributed by atoms with Crippen molar-refractivity contribution in [3.63, 3.8) is 0 Å². The molecular formula is C14H13ClN2O3S. The number of carbonyl (C=O) groups excluding carboxylic acids is 2. The summed E-state index contributed by atoms with van der Waals surface area (Å²) in [5.74, 6) is -0.378. The highest BCUT2D eigenvalue weighted by Crippen LogP contribution is 2.11. The Kier molecular flexibility index (Phi) is 5.59. The van der Waals surface area contributed by atoms with Crippen molar-refractivity contribution in [1.29, 1.82) is 0 Å². The Morgan fingerprint density at radius 2 is 2.05 bits per heavy atom. The lowest BCUT2D eigenvalue weighted by Crippen LogP contribution is -2.41. The molecule has 0 aliphatic carbocycles. The van der Waals surface area contributed by atoms with E-state index in [4.69, 9.17) is 16.3 Å². The van der Waals surface area contributed by atoms with E-state index in [2.05, 4.69) is 10.9 Å². The molecule has 0 spiro atoms. The molecule has 0 radical (unpaired) electrons. The smallest absolute Gasteiger partial charge is 0.426 e. The molecule has 110 valence electrons. The van der Waals surface area contributed by atoms with Gasteiger partial charge in [0.1, 0.15) is 0 Å². The summed E-state index contributed by atoms with van der Waals surface area (Å²) >= 11 is 7.14. The highest BCUT2D eigenvalue weighted by Gasteiger charge is 2.08. The van der Waals surface area contributed by atoms with Gasteiger partial charge < -0.3 is 4.74 Å². The van der Waals surface area contributed by atoms with Crippen molar-refractivity contribution in [1.82, 2.24) is 10.9 Å². The maximum absolute atomic E-state index is 11.6. The number of thiophene rings is 1. The van der Waals surface area contributed by atoms with Gasteiger partial charge in [0.15, 0.2) is 0 Å². The highest BCUT2D eigenvalue weighted by atomic mass is 35.5. The molecule has 7 heteroatoms. The molecule has 0 aliphatic heterocycles. The summed E-state index contributed by atoms with van der Waals surface area (Å²) in [6.45, 7) is 0.195. The molecule has 2 amide bonds. The van der Waals surface area contributed by atoms with E-state index < -0.39 is 6.09 Å². The molecule has 0 saturated carbocycles. The average molecular weight is 325 g/mol. The summed E-state index contributed by atoms with van der Waals surface area (Å²) in [5, 5.41) is 2.42. The van der Waals surface area contributed by atoms with Crippen molar-refractivity contribution in [3.8, 4) is 0 Å². The van der Waals surface area contributed by atoms with Crippen molar-refractivity contribution in [2.45, 2.75) is 6.42 Å². The van der Waals surface area contributed by atoms with Gasteiger partial charge in [0.25, 0.3) is 5.91 Å². The molecule has 0 fully saturated rings. The van der Waals surface area contributed by atoms with E-state index >= 15 is 0 Å². The normalized spacial score (nSPS) is 9.95. The number of benzene rings is 1. The van der Waals surface area contributed by atoms with Gasteiger partial charge in [0.05, 0.1) is 11.5 Å². The van der Waals surface area contributed by atoms with Gasteiger partial charge in [-0.15, -0.1) is 11.3 Å². The zero-order valence-electron chi connectivity index (χ0n) is 11.0. The standard InChI is InChI=1S/C14H13ClN2O3S/c15-11-4-1-3-10(9-11)6-7-20-14(19)17-16-13(18)12-5-2-8-21-12/h1-5,8-9H,6-7H2,(H,16,18)(H,17,19). The molecule has 0 saturated heterocycles. The lowest BCUT2D eigenvalue weighted by atomic mass is 10.2. The zero-order valence-corrected chi connectivity index (χ0v) is 12.5. The van der Waals surface area contributed by atoms with Crippen LogP contribution in [0, 0.1) is 0 Å². The summed E-state index contributed by atoms with van der Waals surface area (Å²) in [6, 6.07) is 10.7. The van der Waals surface area contributed by atoms with Crippen LogP contribution in [0.5, 0.6) is 0 Å². The van der Waals surface area contributed by atoms with Crippen molar-refractivity contribution in [2.75, 3.05) is 6.61 Å². The number of nitrogens with one attached hydrogen (secondary N) is 2. The Morgan fingerprint density at radius 3 is 2.76 bits per heavy atom. The number of rotatable bonds is 4. The molecule has 2 N–H and O–H groups in total. The minimum absolute atomic E-state index is 0.195. The van der Waals surface area contributed by atoms with Crippen LogP contribution in [0.25, 0.3) is 0 Å². The van der Waals surface area contributed by atoms with Gasteiger partial charge in [0.2, 0.25) is 0 Å². The molecule has 1 aromatic heterocycles. The predicted molar refractivity (Wildman–Crippen MR) is 81.4 cm³/mol. The Hall–Kier alpha value is -2.05. The summed E-state index contributed by atoms with van der Waals surface area (Å²) in [5.41, 5.74) is 5.43. The third-order valence-electron chi connectivity index (χ3n) is 2.54. The summed E-state index contributed by atoms with van der Waals surface area (Å²) in [4.78, 5) is 23.5. The van der Waals surface area contributed by atoms with E-state index in [1.807, 2.05) is 12.1 Å². The molecular weight excluding hydrogens is 312 g/mol. The Balaban J connectivity index is 1.67. The largest absolute Gasteiger partial charge is 0.448 e. The van der Waals surface area contributed by atoms with Crippen LogP contribution in [0.3, 0.4) is 0 Å². The quantitative estimate of drug-likeness (QED) is 0.849. The van der Waals surface area contributed by atoms with E-state index in [9.17, 15) is 9.59 Å². The molecule has 0 atom stereocenters. The number of halogens is 1. The number of hydrogen-bond acceptors (Lipinski definition) is 4. The van der Waals surface area contributed by atoms with Crippen LogP contribution in [0.15, 0.2) is 41.8 Å². The second kappa shape index (κ2) is 7.66. The van der Waals surface area contributed by atoms with Crippen LogP contribution in [0.1, 0.15) is 15.2 Å². The van der Waals surface area contributed by atoms with Crippen molar-refractivity contribution >= 4 is 34.9 Å². The first-order valence-electron chi connectivity index (χ1n) is 6.16. The number of amides is 2. The topological polar surface area (TPSA) is 67.4 Å². The van der Waals surface area contributed by atoms with Crippen LogP contribution in [0.2, 0.25) is 5.02 Å². The third-order valence-corrected chi connectivity index (χ3v) is 3.64. The van der Waals surface area contributed by atoms with E-state index in [1.165, 1.54) is 11.3 Å². The summed E-state index contributed by atoms with van der Waals surface area (Å²) < 4.78 is 4.95. The lowest BCUT2D eigenvalue weighted by molar-refractivity contribution is 0.0914. The molecule has 2 rings (SSSR count). The molecule has 2 aromatic rings. The third kappa shape index (κ3) is 5.09. The molecule has 0 unspecified atom stereocenters. The first kappa shape index (κ1) is 15.3. The fraction of sp³-hybridized carbons (Fsp3) is 0.143. The molecule has 1 heterocycles. The minimum atomic E-state index is -0.707. The van der Waals surface area contributed by atoms with E-state index in [0.717, 1.165) is 5.56 Å².